The number of aromatic hydroxyl groups is 1. The summed E-state index contributed by atoms with van der Waals surface area (Å²) in [6.45, 7) is 5.63. The van der Waals surface area contributed by atoms with Crippen molar-refractivity contribution in [3.63, 3.8) is 0 Å². The molecule has 0 atom stereocenters. The van der Waals surface area contributed by atoms with Gasteiger partial charge in [-0.2, -0.15) is 9.78 Å². The van der Waals surface area contributed by atoms with Gasteiger partial charge in [-0.25, -0.2) is 4.37 Å². The van der Waals surface area contributed by atoms with Crippen LogP contribution in [0, 0.1) is 5.41 Å². The number of anilines is 1. The molecule has 0 amide bonds. The predicted octanol–water partition coefficient (Wildman–Crippen LogP) is 4.79. The van der Waals surface area contributed by atoms with Gasteiger partial charge >= 0.3 is 0 Å². The zero-order chi connectivity index (χ0) is 26.2. The number of Topliss-reactive ketones (excluding diaryl/α,β-unsaturated/α-hetero) is 1. The number of carbonyl (C=O) groups is 2. The Morgan fingerprint density at radius 1 is 1.22 bits per heavy atom. The molecule has 0 saturated carbocycles. The van der Waals surface area contributed by atoms with Crippen molar-refractivity contribution in [2.24, 2.45) is 5.41 Å². The molecule has 0 aliphatic heterocycles. The molecule has 0 fully saturated rings. The van der Waals surface area contributed by atoms with Crippen molar-refractivity contribution < 1.29 is 14.7 Å². The van der Waals surface area contributed by atoms with Crippen LogP contribution in [0.15, 0.2) is 46.8 Å². The van der Waals surface area contributed by atoms with Crippen molar-refractivity contribution >= 4 is 52.0 Å². The number of hydrogen-bond donors (Lipinski definition) is 1. The third-order valence-electron chi connectivity index (χ3n) is 5.37. The molecule has 4 heterocycles. The lowest BCUT2D eigenvalue weighted by Gasteiger charge is -2.22. The summed E-state index contributed by atoms with van der Waals surface area (Å²) in [4.78, 5) is 41.2. The SMILES string of the molecule is CN(Cc1ccc(Cl)s1)c1cc(-c2cc(O)c(=O)n(CC(=O)c3cnsc3)c2)nn1C(=O)C(C)(C)C. The Kier molecular flexibility index (Phi) is 7.17. The average molecular weight is 546 g/mol. The Labute approximate surface area is 220 Å². The zero-order valence-electron chi connectivity index (χ0n) is 20.1. The molecule has 188 valence electrons. The quantitative estimate of drug-likeness (QED) is 0.332. The molecular formula is C24H24ClN5O4S2. The molecule has 4 rings (SSSR count). The molecule has 0 unspecified atom stereocenters. The lowest BCUT2D eigenvalue weighted by molar-refractivity contribution is 0.0751. The van der Waals surface area contributed by atoms with Gasteiger partial charge in [0, 0.05) is 40.5 Å². The second-order valence-corrected chi connectivity index (χ2v) is 11.8. The summed E-state index contributed by atoms with van der Waals surface area (Å²) in [5, 5.41) is 16.5. The van der Waals surface area contributed by atoms with Gasteiger partial charge in [0.05, 0.1) is 34.9 Å². The van der Waals surface area contributed by atoms with Crippen LogP contribution in [0.4, 0.5) is 5.82 Å². The van der Waals surface area contributed by atoms with Crippen LogP contribution in [0.1, 0.15) is 40.8 Å². The Bertz CT molecular complexity index is 1480. The highest BCUT2D eigenvalue weighted by molar-refractivity contribution is 7.16. The number of nitrogens with zero attached hydrogens (tertiary/aromatic N) is 5. The maximum Gasteiger partial charge on any atom is 0.293 e. The fourth-order valence-corrected chi connectivity index (χ4v) is 5.15. The van der Waals surface area contributed by atoms with Crippen LogP contribution in [0.3, 0.4) is 0 Å². The minimum atomic E-state index is -0.715. The van der Waals surface area contributed by atoms with E-state index >= 15 is 0 Å². The van der Waals surface area contributed by atoms with Crippen molar-refractivity contribution in [1.82, 2.24) is 18.7 Å². The number of thiophene rings is 1. The van der Waals surface area contributed by atoms with Gasteiger partial charge in [0.15, 0.2) is 11.5 Å². The third kappa shape index (κ3) is 5.43. The minimum absolute atomic E-state index is 0.225. The van der Waals surface area contributed by atoms with Crippen molar-refractivity contribution in [3.05, 3.63) is 67.2 Å². The number of aromatic nitrogens is 4. The van der Waals surface area contributed by atoms with Gasteiger partial charge in [-0.05, 0) is 29.7 Å². The van der Waals surface area contributed by atoms with E-state index in [1.54, 1.807) is 32.2 Å². The molecule has 1 N–H and O–H groups in total. The summed E-state index contributed by atoms with van der Waals surface area (Å²) in [5.41, 5.74) is -0.278. The van der Waals surface area contributed by atoms with Gasteiger partial charge in [-0.3, -0.25) is 14.4 Å². The first kappa shape index (κ1) is 25.8. The van der Waals surface area contributed by atoms with Crippen LogP contribution in [-0.2, 0) is 13.1 Å². The highest BCUT2D eigenvalue weighted by Crippen LogP contribution is 2.30. The molecule has 36 heavy (non-hydrogen) atoms. The number of rotatable bonds is 7. The first-order chi connectivity index (χ1) is 16.9. The van der Waals surface area contributed by atoms with E-state index in [0.717, 1.165) is 21.0 Å². The number of ketones is 1. The van der Waals surface area contributed by atoms with Gasteiger partial charge in [0.1, 0.15) is 5.82 Å². The minimum Gasteiger partial charge on any atom is -0.503 e. The molecule has 4 aromatic heterocycles. The summed E-state index contributed by atoms with van der Waals surface area (Å²) >= 11 is 8.66. The Hall–Kier alpha value is -3.28. The molecular weight excluding hydrogens is 522 g/mol. The van der Waals surface area contributed by atoms with Crippen LogP contribution in [0.25, 0.3) is 11.3 Å². The largest absolute Gasteiger partial charge is 0.503 e. The van der Waals surface area contributed by atoms with E-state index in [1.807, 2.05) is 24.1 Å². The lowest BCUT2D eigenvalue weighted by atomic mass is 9.96. The van der Waals surface area contributed by atoms with E-state index in [1.165, 1.54) is 34.5 Å². The van der Waals surface area contributed by atoms with Crippen molar-refractivity contribution in [2.75, 3.05) is 11.9 Å². The average Bonchev–Trinajstić information content (AvgIpc) is 3.56. The predicted molar refractivity (Wildman–Crippen MR) is 142 cm³/mol. The van der Waals surface area contributed by atoms with Gasteiger partial charge in [-0.1, -0.05) is 32.4 Å². The molecule has 0 aromatic carbocycles. The standard InChI is InChI=1S/C24H24ClN5O4S2/c1-24(2,3)23(34)30-21(28(4)11-16-5-6-20(25)36-16)8-17(27-30)14-7-18(31)22(33)29(10-14)12-19(32)15-9-26-35-13-15/h5-10,13,31H,11-12H2,1-4H3. The van der Waals surface area contributed by atoms with Gasteiger partial charge in [0.25, 0.3) is 11.5 Å². The first-order valence-corrected chi connectivity index (χ1v) is 12.9. The highest BCUT2D eigenvalue weighted by Gasteiger charge is 2.28. The maximum absolute atomic E-state index is 13.3. The Morgan fingerprint density at radius 2 is 1.97 bits per heavy atom. The lowest BCUT2D eigenvalue weighted by Crippen LogP contribution is -2.31. The van der Waals surface area contributed by atoms with Gasteiger partial charge in [0.2, 0.25) is 0 Å². The van der Waals surface area contributed by atoms with E-state index in [9.17, 15) is 19.5 Å². The van der Waals surface area contributed by atoms with Crippen molar-refractivity contribution in [1.29, 1.82) is 0 Å². The summed E-state index contributed by atoms with van der Waals surface area (Å²) in [6.07, 6.45) is 2.89. The van der Waals surface area contributed by atoms with E-state index in [4.69, 9.17) is 11.6 Å². The maximum atomic E-state index is 13.3. The first-order valence-electron chi connectivity index (χ1n) is 10.9. The van der Waals surface area contributed by atoms with Crippen LogP contribution >= 0.6 is 34.5 Å². The van der Waals surface area contributed by atoms with Crippen LogP contribution in [0.2, 0.25) is 4.34 Å². The molecule has 0 aliphatic rings. The van der Waals surface area contributed by atoms with Crippen molar-refractivity contribution in [3.8, 4) is 17.0 Å². The Morgan fingerprint density at radius 3 is 2.58 bits per heavy atom. The number of halogens is 1. The molecule has 0 bridgehead atoms. The molecule has 0 radical (unpaired) electrons. The summed E-state index contributed by atoms with van der Waals surface area (Å²) in [6, 6.07) is 6.74. The van der Waals surface area contributed by atoms with E-state index in [2.05, 4.69) is 9.47 Å². The van der Waals surface area contributed by atoms with E-state index < -0.39 is 16.7 Å². The Balaban J connectivity index is 1.75. The molecule has 0 aliphatic carbocycles. The highest BCUT2D eigenvalue weighted by atomic mass is 35.5. The second kappa shape index (κ2) is 10.00. The summed E-state index contributed by atoms with van der Waals surface area (Å²) in [5.74, 6) is -0.529. The fourth-order valence-electron chi connectivity index (χ4n) is 3.47. The molecule has 12 heteroatoms. The van der Waals surface area contributed by atoms with Crippen molar-refractivity contribution in [2.45, 2.75) is 33.9 Å². The smallest absolute Gasteiger partial charge is 0.293 e. The van der Waals surface area contributed by atoms with Gasteiger partial charge < -0.3 is 14.6 Å². The number of hydrogen-bond acceptors (Lipinski definition) is 9. The number of carbonyl (C=O) groups excluding carboxylic acids is 2. The molecule has 0 spiro atoms. The topological polar surface area (TPSA) is 110 Å². The number of pyridine rings is 1. The zero-order valence-corrected chi connectivity index (χ0v) is 22.4. The second-order valence-electron chi connectivity index (χ2n) is 9.30. The van der Waals surface area contributed by atoms with E-state index in [-0.39, 0.29) is 18.2 Å². The fraction of sp³-hybridized carbons (Fsp3) is 0.292. The summed E-state index contributed by atoms with van der Waals surface area (Å²) < 4.78 is 7.05. The normalized spacial score (nSPS) is 11.6. The van der Waals surface area contributed by atoms with Crippen LogP contribution in [0.5, 0.6) is 5.75 Å². The van der Waals surface area contributed by atoms with Gasteiger partial charge in [-0.15, -0.1) is 11.3 Å². The van der Waals surface area contributed by atoms with Crippen LogP contribution in [-0.4, -0.2) is 42.6 Å². The third-order valence-corrected chi connectivity index (χ3v) is 7.17. The summed E-state index contributed by atoms with van der Waals surface area (Å²) in [7, 11) is 1.84. The molecule has 4 aromatic rings. The van der Waals surface area contributed by atoms with E-state index in [0.29, 0.717) is 33.5 Å². The molecule has 0 saturated heterocycles. The van der Waals surface area contributed by atoms with Crippen LogP contribution < -0.4 is 10.5 Å². The monoisotopic (exact) mass is 545 g/mol. The molecule has 9 nitrogen and oxygen atoms in total.